The largest absolute Gasteiger partial charge is 0.508 e. The fourth-order valence-corrected chi connectivity index (χ4v) is 7.84. The zero-order valence-corrected chi connectivity index (χ0v) is 24.8. The van der Waals surface area contributed by atoms with Crippen LogP contribution < -0.4 is 14.4 Å². The van der Waals surface area contributed by atoms with E-state index in [4.69, 9.17) is 20.9 Å². The number of rotatable bonds is 4. The third-order valence-corrected chi connectivity index (χ3v) is 9.98. The molecule has 2 aromatic carbocycles. The molecule has 4 aromatic rings. The summed E-state index contributed by atoms with van der Waals surface area (Å²) in [5.74, 6) is 0.876. The van der Waals surface area contributed by atoms with Crippen molar-refractivity contribution in [3.63, 3.8) is 0 Å². The van der Waals surface area contributed by atoms with Crippen LogP contribution in [0.3, 0.4) is 0 Å². The maximum atomic E-state index is 16.9. The standard InChI is InChI=1S/C34H29F3N6O3/c1-2-23-25(36)5-4-19-11-22(44)12-24(26(19)23)29-28(37)30-27-31(43-9-6-18(14-38)10-21(43)16-45-32(27)39-29)41-33(40-30)46-17-34-7-3-8-42(34)15-20(35)13-34/h1,4-5,11-12,18,20-21,44H,3,6-10,13,15-17H2/t18-,20-,21-,34+/m1/s1. The lowest BCUT2D eigenvalue weighted by Gasteiger charge is -2.37. The predicted molar refractivity (Wildman–Crippen MR) is 163 cm³/mol. The van der Waals surface area contributed by atoms with Gasteiger partial charge in [0, 0.05) is 30.5 Å². The lowest BCUT2D eigenvalue weighted by Crippen LogP contribution is -2.45. The molecule has 1 N–H and O–H groups in total. The summed E-state index contributed by atoms with van der Waals surface area (Å²) in [6.45, 7) is 1.91. The topological polar surface area (TPSA) is 108 Å². The van der Waals surface area contributed by atoms with Crippen molar-refractivity contribution in [3.8, 4) is 47.3 Å². The molecule has 0 bridgehead atoms. The maximum Gasteiger partial charge on any atom is 0.319 e. The number of ether oxygens (including phenoxy) is 2. The number of phenolic OH excluding ortho intramolecular Hbond substituents is 1. The molecular weight excluding hydrogens is 597 g/mol. The summed E-state index contributed by atoms with van der Waals surface area (Å²) in [6, 6.07) is 7.36. The highest BCUT2D eigenvalue weighted by molar-refractivity contribution is 6.04. The smallest absolute Gasteiger partial charge is 0.319 e. The van der Waals surface area contributed by atoms with E-state index in [1.165, 1.54) is 24.3 Å². The van der Waals surface area contributed by atoms with Gasteiger partial charge < -0.3 is 19.5 Å². The van der Waals surface area contributed by atoms with Crippen molar-refractivity contribution in [2.45, 2.75) is 49.9 Å². The number of nitrogens with zero attached hydrogens (tertiary/aromatic N) is 6. The Hall–Kier alpha value is -4.81. The van der Waals surface area contributed by atoms with E-state index in [0.717, 1.165) is 19.4 Å². The van der Waals surface area contributed by atoms with Crippen LogP contribution in [0.1, 0.15) is 37.7 Å². The van der Waals surface area contributed by atoms with Crippen LogP contribution in [0.25, 0.3) is 32.9 Å². The van der Waals surface area contributed by atoms with Gasteiger partial charge >= 0.3 is 6.01 Å². The molecule has 4 aliphatic rings. The van der Waals surface area contributed by atoms with Gasteiger partial charge in [-0.2, -0.15) is 15.2 Å². The minimum absolute atomic E-state index is 0.0580. The van der Waals surface area contributed by atoms with Gasteiger partial charge in [0.15, 0.2) is 5.82 Å². The molecule has 8 rings (SSSR count). The number of aromatic nitrogens is 3. The Balaban J connectivity index is 1.32. The third-order valence-electron chi connectivity index (χ3n) is 9.98. The first-order chi connectivity index (χ1) is 22.3. The summed E-state index contributed by atoms with van der Waals surface area (Å²) in [6.07, 6.45) is 7.89. The molecule has 0 radical (unpaired) electrons. The Morgan fingerprint density at radius 1 is 1.17 bits per heavy atom. The minimum atomic E-state index is -0.950. The molecule has 12 heteroatoms. The number of hydrogen-bond acceptors (Lipinski definition) is 9. The van der Waals surface area contributed by atoms with Crippen molar-refractivity contribution in [1.82, 2.24) is 19.9 Å². The Kier molecular flexibility index (Phi) is 6.62. The molecule has 0 aliphatic carbocycles. The van der Waals surface area contributed by atoms with Crippen LogP contribution in [0, 0.1) is 41.2 Å². The maximum absolute atomic E-state index is 16.9. The molecule has 6 heterocycles. The van der Waals surface area contributed by atoms with Gasteiger partial charge in [-0.05, 0) is 55.8 Å². The number of phenols is 1. The molecule has 234 valence electrons. The number of pyridine rings is 1. The fraction of sp³-hybridized carbons (Fsp3) is 0.412. The van der Waals surface area contributed by atoms with Crippen molar-refractivity contribution in [2.24, 2.45) is 5.92 Å². The third kappa shape index (κ3) is 4.38. The molecule has 0 unspecified atom stereocenters. The zero-order chi connectivity index (χ0) is 31.7. The van der Waals surface area contributed by atoms with Gasteiger partial charge in [0.05, 0.1) is 29.1 Å². The van der Waals surface area contributed by atoms with Gasteiger partial charge in [-0.25, -0.2) is 18.2 Å². The molecule has 46 heavy (non-hydrogen) atoms. The van der Waals surface area contributed by atoms with Crippen LogP contribution in [-0.4, -0.2) is 75.6 Å². The van der Waals surface area contributed by atoms with Gasteiger partial charge in [-0.3, -0.25) is 4.90 Å². The van der Waals surface area contributed by atoms with Crippen molar-refractivity contribution in [2.75, 3.05) is 37.7 Å². The number of anilines is 1. The molecule has 2 aromatic heterocycles. The summed E-state index contributed by atoms with van der Waals surface area (Å²) < 4.78 is 58.7. The fourth-order valence-electron chi connectivity index (χ4n) is 7.84. The highest BCUT2D eigenvalue weighted by Crippen LogP contribution is 2.45. The van der Waals surface area contributed by atoms with Crippen LogP contribution in [0.2, 0.25) is 0 Å². The Labute approximate surface area is 262 Å². The Bertz CT molecular complexity index is 2010. The van der Waals surface area contributed by atoms with E-state index in [-0.39, 0.29) is 75.9 Å². The molecule has 4 atom stereocenters. The lowest BCUT2D eigenvalue weighted by molar-refractivity contribution is 0.107. The normalized spacial score (nSPS) is 25.4. The van der Waals surface area contributed by atoms with Crippen molar-refractivity contribution >= 4 is 27.5 Å². The second-order valence-corrected chi connectivity index (χ2v) is 12.7. The van der Waals surface area contributed by atoms with Crippen LogP contribution >= 0.6 is 0 Å². The molecule has 9 nitrogen and oxygen atoms in total. The monoisotopic (exact) mass is 626 g/mol. The number of benzene rings is 2. The van der Waals surface area contributed by atoms with Crippen LogP contribution in [0.15, 0.2) is 24.3 Å². The number of fused-ring (bicyclic) bond motifs is 4. The van der Waals surface area contributed by atoms with Crippen LogP contribution in [0.5, 0.6) is 17.6 Å². The first-order valence-electron chi connectivity index (χ1n) is 15.4. The van der Waals surface area contributed by atoms with Gasteiger partial charge in [0.1, 0.15) is 53.4 Å². The van der Waals surface area contributed by atoms with E-state index >= 15 is 4.39 Å². The molecule has 3 saturated heterocycles. The van der Waals surface area contributed by atoms with E-state index < -0.39 is 23.3 Å². The van der Waals surface area contributed by atoms with Crippen LogP contribution in [-0.2, 0) is 0 Å². The summed E-state index contributed by atoms with van der Waals surface area (Å²) in [5.41, 5.74) is -0.889. The second-order valence-electron chi connectivity index (χ2n) is 12.7. The SMILES string of the molecule is C#Cc1c(F)ccc2cc(O)cc(-c3nc4c5c(nc(OC[C@@]67CCCN6C[C@H](F)C7)nc5c3F)N3CC[C@@H](C#N)C[C@@H]3CO4)c12. The summed E-state index contributed by atoms with van der Waals surface area (Å²) in [5, 5.41) is 21.1. The average Bonchev–Trinajstić information content (AvgIpc) is 3.53. The quantitative estimate of drug-likeness (QED) is 0.304. The first kappa shape index (κ1) is 28.6. The van der Waals surface area contributed by atoms with Gasteiger partial charge in [-0.15, -0.1) is 6.42 Å². The molecular formula is C34H29F3N6O3. The lowest BCUT2D eigenvalue weighted by atomic mass is 9.92. The van der Waals surface area contributed by atoms with E-state index in [1.807, 2.05) is 4.90 Å². The highest BCUT2D eigenvalue weighted by atomic mass is 19.1. The summed E-state index contributed by atoms with van der Waals surface area (Å²) in [7, 11) is 0. The minimum Gasteiger partial charge on any atom is -0.508 e. The Morgan fingerprint density at radius 2 is 2.04 bits per heavy atom. The number of halogens is 3. The zero-order valence-electron chi connectivity index (χ0n) is 24.8. The van der Waals surface area contributed by atoms with E-state index in [1.54, 1.807) is 0 Å². The van der Waals surface area contributed by atoms with Gasteiger partial charge in [-0.1, -0.05) is 12.0 Å². The number of piperidine rings is 1. The van der Waals surface area contributed by atoms with Gasteiger partial charge in [0.2, 0.25) is 5.88 Å². The Morgan fingerprint density at radius 3 is 2.87 bits per heavy atom. The van der Waals surface area contributed by atoms with E-state index in [9.17, 15) is 19.1 Å². The molecule has 4 aliphatic heterocycles. The second kappa shape index (κ2) is 10.6. The number of alkyl halides is 1. The van der Waals surface area contributed by atoms with E-state index in [2.05, 4.69) is 26.9 Å². The number of aromatic hydroxyl groups is 1. The number of nitriles is 1. The molecule has 0 spiro atoms. The van der Waals surface area contributed by atoms with Crippen LogP contribution in [0.4, 0.5) is 19.0 Å². The van der Waals surface area contributed by atoms with Crippen molar-refractivity contribution in [3.05, 3.63) is 41.5 Å². The van der Waals surface area contributed by atoms with Crippen molar-refractivity contribution < 1.29 is 27.8 Å². The van der Waals surface area contributed by atoms with Gasteiger partial charge in [0.25, 0.3) is 0 Å². The van der Waals surface area contributed by atoms with E-state index in [0.29, 0.717) is 43.6 Å². The molecule has 0 saturated carbocycles. The average molecular weight is 627 g/mol. The first-order valence-corrected chi connectivity index (χ1v) is 15.4. The number of hydrogen-bond donors (Lipinski definition) is 1. The predicted octanol–water partition coefficient (Wildman–Crippen LogP) is 5.27. The summed E-state index contributed by atoms with van der Waals surface area (Å²) >= 11 is 0. The highest BCUT2D eigenvalue weighted by Gasteiger charge is 2.49. The summed E-state index contributed by atoms with van der Waals surface area (Å²) in [4.78, 5) is 18.0. The van der Waals surface area contributed by atoms with Crippen molar-refractivity contribution in [1.29, 1.82) is 5.26 Å². The number of terminal acetylenes is 1. The molecule has 3 fully saturated rings. The molecule has 0 amide bonds.